The lowest BCUT2D eigenvalue weighted by molar-refractivity contribution is 0.0954. The fraction of sp³-hybridized carbons (Fsp3) is 0.143. The number of amides is 1. The van der Waals surface area contributed by atoms with Gasteiger partial charge in [0, 0.05) is 17.7 Å². The van der Waals surface area contributed by atoms with Crippen LogP contribution in [-0.2, 0) is 6.42 Å². The van der Waals surface area contributed by atoms with Crippen LogP contribution in [0.2, 0.25) is 0 Å². The lowest BCUT2D eigenvalue weighted by Crippen LogP contribution is -2.26. The highest BCUT2D eigenvalue weighted by Gasteiger charge is 2.06. The Morgan fingerprint density at radius 3 is 2.79 bits per heavy atom. The minimum atomic E-state index is -0.103. The normalized spacial score (nSPS) is 10.1. The molecule has 5 heteroatoms. The van der Waals surface area contributed by atoms with Crippen molar-refractivity contribution in [2.24, 2.45) is 5.73 Å². The molecule has 1 amide bonds. The Hall–Kier alpha value is -1.72. The third kappa shape index (κ3) is 3.87. The van der Waals surface area contributed by atoms with Crippen molar-refractivity contribution in [2.45, 2.75) is 6.42 Å². The van der Waals surface area contributed by atoms with Gasteiger partial charge >= 0.3 is 0 Å². The Kier molecular flexibility index (Phi) is 4.65. The summed E-state index contributed by atoms with van der Waals surface area (Å²) in [6.45, 7) is 0.618. The molecule has 0 saturated heterocycles. The van der Waals surface area contributed by atoms with Crippen molar-refractivity contribution in [3.8, 4) is 0 Å². The molecule has 0 aliphatic rings. The molecule has 0 bridgehead atoms. The van der Waals surface area contributed by atoms with E-state index in [1.807, 2.05) is 5.38 Å². The Balaban J connectivity index is 1.92. The molecule has 1 heterocycles. The second-order valence-electron chi connectivity index (χ2n) is 4.08. The Morgan fingerprint density at radius 2 is 2.11 bits per heavy atom. The summed E-state index contributed by atoms with van der Waals surface area (Å²) in [6, 6.07) is 9.10. The van der Waals surface area contributed by atoms with Crippen molar-refractivity contribution < 1.29 is 4.79 Å². The van der Waals surface area contributed by atoms with Gasteiger partial charge in [0.15, 0.2) is 0 Å². The highest BCUT2D eigenvalue weighted by molar-refractivity contribution is 7.80. The highest BCUT2D eigenvalue weighted by Crippen LogP contribution is 2.07. The molecule has 0 aliphatic carbocycles. The zero-order valence-corrected chi connectivity index (χ0v) is 11.9. The van der Waals surface area contributed by atoms with E-state index in [4.69, 9.17) is 18.0 Å². The van der Waals surface area contributed by atoms with Crippen molar-refractivity contribution >= 4 is 34.5 Å². The summed E-state index contributed by atoms with van der Waals surface area (Å²) in [5.74, 6) is -0.103. The minimum Gasteiger partial charge on any atom is -0.389 e. The average Bonchev–Trinajstić information content (AvgIpc) is 2.92. The lowest BCUT2D eigenvalue weighted by atomic mass is 10.1. The van der Waals surface area contributed by atoms with Gasteiger partial charge in [-0.3, -0.25) is 4.79 Å². The predicted octanol–water partition coefficient (Wildman–Crippen LogP) is 2.35. The molecular formula is C14H14N2OS2. The van der Waals surface area contributed by atoms with Gasteiger partial charge in [-0.05, 0) is 40.9 Å². The van der Waals surface area contributed by atoms with E-state index in [1.165, 1.54) is 5.56 Å². The number of carbonyl (C=O) groups excluding carboxylic acids is 1. The maximum absolute atomic E-state index is 12.0. The van der Waals surface area contributed by atoms with Gasteiger partial charge in [0.05, 0.1) is 0 Å². The Bertz CT molecular complexity index is 579. The predicted molar refractivity (Wildman–Crippen MR) is 82.7 cm³/mol. The molecule has 2 rings (SSSR count). The third-order valence-electron chi connectivity index (χ3n) is 2.69. The van der Waals surface area contributed by atoms with Crippen LogP contribution in [0.25, 0.3) is 0 Å². The average molecular weight is 290 g/mol. The number of nitrogens with two attached hydrogens (primary N) is 1. The van der Waals surface area contributed by atoms with Crippen LogP contribution in [0.1, 0.15) is 21.5 Å². The van der Waals surface area contributed by atoms with Crippen molar-refractivity contribution in [3.05, 3.63) is 57.8 Å². The van der Waals surface area contributed by atoms with Crippen LogP contribution in [-0.4, -0.2) is 17.4 Å². The fourth-order valence-electron chi connectivity index (χ4n) is 1.67. The molecule has 0 atom stereocenters. The summed E-state index contributed by atoms with van der Waals surface area (Å²) >= 11 is 6.56. The van der Waals surface area contributed by atoms with Crippen molar-refractivity contribution in [1.29, 1.82) is 0 Å². The SMILES string of the molecule is NC(=S)c1cccc(C(=O)NCCc2ccsc2)c1. The summed E-state index contributed by atoms with van der Waals surface area (Å²) in [5.41, 5.74) is 8.07. The molecule has 0 spiro atoms. The Labute approximate surface area is 121 Å². The van der Waals surface area contributed by atoms with Gasteiger partial charge in [-0.1, -0.05) is 24.4 Å². The van der Waals surface area contributed by atoms with E-state index in [1.54, 1.807) is 35.6 Å². The number of carbonyl (C=O) groups is 1. The van der Waals surface area contributed by atoms with Gasteiger partial charge in [-0.25, -0.2) is 0 Å². The van der Waals surface area contributed by atoms with Crippen molar-refractivity contribution in [2.75, 3.05) is 6.54 Å². The molecule has 3 N–H and O–H groups in total. The van der Waals surface area contributed by atoms with Crippen LogP contribution >= 0.6 is 23.6 Å². The van der Waals surface area contributed by atoms with Gasteiger partial charge in [-0.15, -0.1) is 0 Å². The van der Waals surface area contributed by atoms with E-state index >= 15 is 0 Å². The first-order valence-corrected chi connectivity index (χ1v) is 7.21. The molecule has 19 heavy (non-hydrogen) atoms. The number of rotatable bonds is 5. The molecule has 0 radical (unpaired) electrons. The van der Waals surface area contributed by atoms with Gasteiger partial charge < -0.3 is 11.1 Å². The van der Waals surface area contributed by atoms with Crippen LogP contribution in [0.15, 0.2) is 41.1 Å². The summed E-state index contributed by atoms with van der Waals surface area (Å²) in [4.78, 5) is 12.3. The summed E-state index contributed by atoms with van der Waals surface area (Å²) in [5, 5.41) is 7.00. The molecule has 3 nitrogen and oxygen atoms in total. The van der Waals surface area contributed by atoms with E-state index in [0.29, 0.717) is 22.7 Å². The van der Waals surface area contributed by atoms with E-state index in [-0.39, 0.29) is 5.91 Å². The van der Waals surface area contributed by atoms with Gasteiger partial charge in [0.2, 0.25) is 0 Å². The number of thiocarbonyl (C=S) groups is 1. The van der Waals surface area contributed by atoms with Gasteiger partial charge in [-0.2, -0.15) is 11.3 Å². The van der Waals surface area contributed by atoms with Crippen LogP contribution in [0.5, 0.6) is 0 Å². The topological polar surface area (TPSA) is 55.1 Å². The minimum absolute atomic E-state index is 0.103. The molecule has 98 valence electrons. The molecular weight excluding hydrogens is 276 g/mol. The second-order valence-corrected chi connectivity index (χ2v) is 5.30. The number of hydrogen-bond donors (Lipinski definition) is 2. The molecule has 2 aromatic rings. The van der Waals surface area contributed by atoms with E-state index in [2.05, 4.69) is 16.8 Å². The lowest BCUT2D eigenvalue weighted by Gasteiger charge is -2.06. The van der Waals surface area contributed by atoms with Crippen LogP contribution in [0.4, 0.5) is 0 Å². The fourth-order valence-corrected chi connectivity index (χ4v) is 2.50. The first-order valence-electron chi connectivity index (χ1n) is 5.86. The third-order valence-corrected chi connectivity index (χ3v) is 3.66. The zero-order valence-electron chi connectivity index (χ0n) is 10.3. The molecule has 0 unspecified atom stereocenters. The molecule has 1 aromatic heterocycles. The smallest absolute Gasteiger partial charge is 0.251 e. The Morgan fingerprint density at radius 1 is 1.32 bits per heavy atom. The van der Waals surface area contributed by atoms with Crippen LogP contribution in [0.3, 0.4) is 0 Å². The molecule has 1 aromatic carbocycles. The number of nitrogens with one attached hydrogen (secondary N) is 1. The second kappa shape index (κ2) is 6.45. The molecule has 0 fully saturated rings. The summed E-state index contributed by atoms with van der Waals surface area (Å²) in [7, 11) is 0. The molecule has 0 saturated carbocycles. The van der Waals surface area contributed by atoms with Crippen molar-refractivity contribution in [3.63, 3.8) is 0 Å². The highest BCUT2D eigenvalue weighted by atomic mass is 32.1. The number of thiophene rings is 1. The van der Waals surface area contributed by atoms with E-state index in [0.717, 1.165) is 6.42 Å². The monoisotopic (exact) mass is 290 g/mol. The molecule has 0 aliphatic heterocycles. The van der Waals surface area contributed by atoms with Crippen LogP contribution in [0, 0.1) is 0 Å². The van der Waals surface area contributed by atoms with E-state index < -0.39 is 0 Å². The maximum Gasteiger partial charge on any atom is 0.251 e. The van der Waals surface area contributed by atoms with Crippen LogP contribution < -0.4 is 11.1 Å². The number of hydrogen-bond acceptors (Lipinski definition) is 3. The zero-order chi connectivity index (χ0) is 13.7. The quantitative estimate of drug-likeness (QED) is 0.831. The number of benzene rings is 1. The van der Waals surface area contributed by atoms with Gasteiger partial charge in [0.1, 0.15) is 4.99 Å². The van der Waals surface area contributed by atoms with Gasteiger partial charge in [0.25, 0.3) is 5.91 Å². The first-order chi connectivity index (χ1) is 9.16. The largest absolute Gasteiger partial charge is 0.389 e. The summed E-state index contributed by atoms with van der Waals surface area (Å²) < 4.78 is 0. The maximum atomic E-state index is 12.0. The standard InChI is InChI=1S/C14H14N2OS2/c15-13(18)11-2-1-3-12(8-11)14(17)16-6-4-10-5-7-19-9-10/h1-3,5,7-9H,4,6H2,(H2,15,18)(H,16,17). The van der Waals surface area contributed by atoms with E-state index in [9.17, 15) is 4.79 Å². The van der Waals surface area contributed by atoms with Crippen molar-refractivity contribution in [1.82, 2.24) is 5.32 Å². The summed E-state index contributed by atoms with van der Waals surface area (Å²) in [6.07, 6.45) is 0.838. The first kappa shape index (κ1) is 13.7.